The van der Waals surface area contributed by atoms with Gasteiger partial charge in [-0.15, -0.1) is 0 Å². The van der Waals surface area contributed by atoms with Crippen molar-refractivity contribution in [2.24, 2.45) is 5.73 Å². The fraction of sp³-hybridized carbons (Fsp3) is 0.500. The average molecular weight is 161 g/mol. The summed E-state index contributed by atoms with van der Waals surface area (Å²) in [4.78, 5) is -2.00. The molecule has 54 valence electrons. The predicted molar refractivity (Wildman–Crippen MR) is 24.2 cm³/mol. The molecule has 0 saturated heterocycles. The molecule has 3 nitrogen and oxygen atoms in total. The maximum atomic E-state index is 11.1. The van der Waals surface area contributed by atoms with Crippen molar-refractivity contribution in [1.82, 2.24) is 0 Å². The molecule has 0 fully saturated rings. The third-order valence-corrected chi connectivity index (χ3v) is 1.05. The van der Waals surface area contributed by atoms with E-state index in [9.17, 15) is 21.6 Å². The van der Waals surface area contributed by atoms with Crippen molar-refractivity contribution in [1.29, 1.82) is 0 Å². The van der Waals surface area contributed by atoms with Gasteiger partial charge in [0.2, 0.25) is 15.3 Å². The maximum absolute atomic E-state index is 11.1. The standard InChI is InChI=1S/C2H2F3NO2S/c3-2(4,5)1(6)9(7)8/h6H2. The zero-order chi connectivity index (χ0) is 7.65. The van der Waals surface area contributed by atoms with Crippen LogP contribution in [0.1, 0.15) is 0 Å². The molecule has 2 N–H and O–H groups in total. The van der Waals surface area contributed by atoms with Crippen molar-refractivity contribution in [3.63, 3.8) is 0 Å². The highest BCUT2D eigenvalue weighted by Crippen LogP contribution is 2.12. The van der Waals surface area contributed by atoms with E-state index in [1.54, 1.807) is 0 Å². The van der Waals surface area contributed by atoms with Gasteiger partial charge >= 0.3 is 6.18 Å². The summed E-state index contributed by atoms with van der Waals surface area (Å²) in [5, 5.41) is 0. The summed E-state index contributed by atoms with van der Waals surface area (Å²) in [6.45, 7) is 0. The largest absolute Gasteiger partial charge is 0.440 e. The smallest absolute Gasteiger partial charge is 0.285 e. The molecule has 0 spiro atoms. The minimum absolute atomic E-state index is 2.00. The van der Waals surface area contributed by atoms with Gasteiger partial charge in [-0.05, 0) is 0 Å². The van der Waals surface area contributed by atoms with Crippen LogP contribution in [0.4, 0.5) is 13.2 Å². The topological polar surface area (TPSA) is 60.2 Å². The highest BCUT2D eigenvalue weighted by molar-refractivity contribution is 7.73. The van der Waals surface area contributed by atoms with Crippen LogP contribution in [-0.4, -0.2) is 19.6 Å². The first-order valence-electron chi connectivity index (χ1n) is 1.64. The number of hydrogen-bond donors (Lipinski definition) is 1. The summed E-state index contributed by atoms with van der Waals surface area (Å²) in [7, 11) is -3.36. The van der Waals surface area contributed by atoms with Crippen molar-refractivity contribution < 1.29 is 21.6 Å². The van der Waals surface area contributed by atoms with Gasteiger partial charge in [0.05, 0.1) is 0 Å². The molecule has 0 aromatic carbocycles. The van der Waals surface area contributed by atoms with E-state index in [0.29, 0.717) is 0 Å². The fourth-order valence-electron chi connectivity index (χ4n) is 0.0945. The van der Waals surface area contributed by atoms with Gasteiger partial charge in [-0.1, -0.05) is 0 Å². The van der Waals surface area contributed by atoms with Gasteiger partial charge in [0.15, 0.2) is 0 Å². The van der Waals surface area contributed by atoms with Crippen LogP contribution in [0.3, 0.4) is 0 Å². The van der Waals surface area contributed by atoms with Crippen molar-refractivity contribution in [2.75, 3.05) is 0 Å². The lowest BCUT2D eigenvalue weighted by molar-refractivity contribution is -0.0574. The van der Waals surface area contributed by atoms with Gasteiger partial charge in [-0.3, -0.25) is 5.73 Å². The predicted octanol–water partition coefficient (Wildman–Crippen LogP) is -0.484. The van der Waals surface area contributed by atoms with E-state index < -0.39 is 21.5 Å². The Hall–Kier alpha value is -0.560. The first kappa shape index (κ1) is 8.44. The summed E-state index contributed by atoms with van der Waals surface area (Å²) < 4.78 is 52.4. The van der Waals surface area contributed by atoms with E-state index in [1.165, 1.54) is 0 Å². The quantitative estimate of drug-likeness (QED) is 0.488. The summed E-state index contributed by atoms with van der Waals surface area (Å²) >= 11 is 0. The number of rotatable bonds is 0. The molecule has 7 heteroatoms. The second-order valence-corrected chi connectivity index (χ2v) is 2.01. The van der Waals surface area contributed by atoms with Gasteiger partial charge in [0, 0.05) is 0 Å². The minimum Gasteiger partial charge on any atom is -0.285 e. The number of hydrogen-bond acceptors (Lipinski definition) is 2. The number of alkyl halides is 3. The summed E-state index contributed by atoms with van der Waals surface area (Å²) in [5.74, 6) is 0. The van der Waals surface area contributed by atoms with Crippen LogP contribution < -0.4 is 5.73 Å². The van der Waals surface area contributed by atoms with Gasteiger partial charge < -0.3 is 0 Å². The normalized spacial score (nSPS) is 11.1. The Balaban J connectivity index is 4.85. The Kier molecular flexibility index (Phi) is 2.21. The zero-order valence-corrected chi connectivity index (χ0v) is 4.75. The third kappa shape index (κ3) is 2.47. The highest BCUT2D eigenvalue weighted by Gasteiger charge is 2.34. The first-order valence-corrected chi connectivity index (χ1v) is 2.72. The fourth-order valence-corrected chi connectivity index (χ4v) is 0.283. The molecule has 0 aliphatic carbocycles. The molecule has 0 atom stereocenters. The molecule has 0 bridgehead atoms. The van der Waals surface area contributed by atoms with Crippen LogP contribution in [0.5, 0.6) is 0 Å². The lowest BCUT2D eigenvalue weighted by Gasteiger charge is -1.98. The molecule has 0 heterocycles. The van der Waals surface area contributed by atoms with Crippen LogP contribution in [0.2, 0.25) is 0 Å². The Morgan fingerprint density at radius 3 is 1.67 bits per heavy atom. The lowest BCUT2D eigenvalue weighted by atomic mass is 10.7. The zero-order valence-electron chi connectivity index (χ0n) is 3.94. The second-order valence-electron chi connectivity index (χ2n) is 1.10. The van der Waals surface area contributed by atoms with E-state index in [-0.39, 0.29) is 0 Å². The SMILES string of the molecule is NC(=S(=O)=O)C(F)(F)F. The molecule has 0 amide bonds. The van der Waals surface area contributed by atoms with Crippen LogP contribution in [0.25, 0.3) is 0 Å². The van der Waals surface area contributed by atoms with E-state index in [0.717, 1.165) is 0 Å². The minimum atomic E-state index is -4.94. The van der Waals surface area contributed by atoms with E-state index in [4.69, 9.17) is 0 Å². The average Bonchev–Trinajstić information content (AvgIpc) is 1.62. The van der Waals surface area contributed by atoms with Crippen molar-refractivity contribution in [2.45, 2.75) is 6.18 Å². The monoisotopic (exact) mass is 161 g/mol. The Labute approximate surface area is 49.8 Å². The van der Waals surface area contributed by atoms with Crippen molar-refractivity contribution in [3.8, 4) is 0 Å². The van der Waals surface area contributed by atoms with Crippen molar-refractivity contribution >= 4 is 15.3 Å². The summed E-state index contributed by atoms with van der Waals surface area (Å²) in [6, 6.07) is 0. The first-order chi connectivity index (χ1) is 3.85. The molecular formula is C2H2F3NO2S. The summed E-state index contributed by atoms with van der Waals surface area (Å²) in [5.41, 5.74) is 4.07. The Morgan fingerprint density at radius 1 is 1.33 bits per heavy atom. The van der Waals surface area contributed by atoms with Gasteiger partial charge in [-0.25, -0.2) is 0 Å². The van der Waals surface area contributed by atoms with Crippen LogP contribution in [0.15, 0.2) is 0 Å². The second kappa shape index (κ2) is 2.36. The third-order valence-electron chi connectivity index (χ3n) is 0.459. The molecule has 0 saturated carbocycles. The lowest BCUT2D eigenvalue weighted by Crippen LogP contribution is -2.31. The summed E-state index contributed by atoms with van der Waals surface area (Å²) in [6.07, 6.45) is -4.94. The Morgan fingerprint density at radius 2 is 1.67 bits per heavy atom. The maximum Gasteiger partial charge on any atom is 0.440 e. The Bertz CT molecular complexity index is 217. The molecule has 0 aromatic heterocycles. The molecule has 0 rings (SSSR count). The van der Waals surface area contributed by atoms with Crippen LogP contribution >= 0.6 is 0 Å². The molecule has 9 heavy (non-hydrogen) atoms. The van der Waals surface area contributed by atoms with Crippen LogP contribution in [-0.2, 0) is 10.3 Å². The molecule has 0 radical (unpaired) electrons. The molecular weight excluding hydrogens is 159 g/mol. The number of halogens is 3. The molecule has 0 aliphatic rings. The molecule has 0 aromatic rings. The van der Waals surface area contributed by atoms with Gasteiger partial charge in [0.25, 0.3) is 0 Å². The molecule has 0 aliphatic heterocycles. The van der Waals surface area contributed by atoms with Gasteiger partial charge in [0.1, 0.15) is 0 Å². The highest BCUT2D eigenvalue weighted by atomic mass is 32.2. The van der Waals surface area contributed by atoms with E-state index in [1.807, 2.05) is 0 Å². The van der Waals surface area contributed by atoms with Crippen LogP contribution in [0, 0.1) is 0 Å². The van der Waals surface area contributed by atoms with E-state index >= 15 is 0 Å². The molecule has 0 unspecified atom stereocenters. The number of nitrogens with two attached hydrogens (primary N) is 1. The van der Waals surface area contributed by atoms with E-state index in [2.05, 4.69) is 5.73 Å². The van der Waals surface area contributed by atoms with Gasteiger partial charge in [-0.2, -0.15) is 21.6 Å². The van der Waals surface area contributed by atoms with Crippen molar-refractivity contribution in [3.05, 3.63) is 0 Å².